The molecule has 0 aliphatic carbocycles. The number of hydrogen-bond donors (Lipinski definition) is 1. The van der Waals surface area contributed by atoms with Gasteiger partial charge in [0, 0.05) is 11.3 Å². The van der Waals surface area contributed by atoms with Gasteiger partial charge in [-0.2, -0.15) is 0 Å². The Balaban J connectivity index is 1.45. The highest BCUT2D eigenvalue weighted by Crippen LogP contribution is 2.26. The Hall–Kier alpha value is -3.12. The number of aromatic nitrogens is 3. The van der Waals surface area contributed by atoms with Gasteiger partial charge >= 0.3 is 0 Å². The van der Waals surface area contributed by atoms with Crippen molar-refractivity contribution in [1.82, 2.24) is 14.9 Å². The minimum atomic E-state index is -0.296. The number of nitrogen functional groups attached to an aromatic ring is 1. The van der Waals surface area contributed by atoms with E-state index in [1.54, 1.807) is 12.1 Å². The van der Waals surface area contributed by atoms with Gasteiger partial charge in [-0.15, -0.1) is 10.2 Å². The molecule has 4 rings (SSSR count). The first-order valence-electron chi connectivity index (χ1n) is 8.44. The standard InChI is InChI=1S/C21H17FN4S/c22-19-12-10-18(11-13-19)20-24-25-21(26(20)23)27-14-15-6-8-17(9-7-15)16-4-2-1-3-5-16/h1-13H,14,23H2. The van der Waals surface area contributed by atoms with E-state index in [1.807, 2.05) is 18.2 Å². The molecular formula is C21H17FN4S. The van der Waals surface area contributed by atoms with Gasteiger partial charge in [-0.3, -0.25) is 0 Å². The van der Waals surface area contributed by atoms with Crippen molar-refractivity contribution in [2.75, 3.05) is 5.84 Å². The average molecular weight is 376 g/mol. The van der Waals surface area contributed by atoms with Crippen LogP contribution in [0, 0.1) is 5.82 Å². The highest BCUT2D eigenvalue weighted by Gasteiger charge is 2.12. The average Bonchev–Trinajstić information content (AvgIpc) is 3.08. The van der Waals surface area contributed by atoms with E-state index in [0.29, 0.717) is 11.0 Å². The third-order valence-electron chi connectivity index (χ3n) is 4.20. The number of nitrogens with zero attached hydrogens (tertiary/aromatic N) is 3. The predicted molar refractivity (Wildman–Crippen MR) is 107 cm³/mol. The summed E-state index contributed by atoms with van der Waals surface area (Å²) in [6.45, 7) is 0. The molecule has 3 aromatic carbocycles. The molecule has 0 spiro atoms. The van der Waals surface area contributed by atoms with Crippen LogP contribution in [0.25, 0.3) is 22.5 Å². The first-order valence-corrected chi connectivity index (χ1v) is 9.43. The fourth-order valence-electron chi connectivity index (χ4n) is 2.74. The minimum Gasteiger partial charge on any atom is -0.335 e. The van der Waals surface area contributed by atoms with Crippen LogP contribution in [0.15, 0.2) is 84.0 Å². The van der Waals surface area contributed by atoms with E-state index >= 15 is 0 Å². The smallest absolute Gasteiger partial charge is 0.210 e. The van der Waals surface area contributed by atoms with E-state index < -0.39 is 0 Å². The number of benzene rings is 3. The fourth-order valence-corrected chi connectivity index (χ4v) is 3.56. The first kappa shape index (κ1) is 17.3. The second kappa shape index (κ2) is 7.63. The summed E-state index contributed by atoms with van der Waals surface area (Å²) in [6.07, 6.45) is 0. The van der Waals surface area contributed by atoms with Crippen molar-refractivity contribution < 1.29 is 4.39 Å². The zero-order valence-electron chi connectivity index (χ0n) is 14.4. The van der Waals surface area contributed by atoms with Crippen LogP contribution < -0.4 is 5.84 Å². The zero-order valence-corrected chi connectivity index (χ0v) is 15.2. The molecule has 0 atom stereocenters. The van der Waals surface area contributed by atoms with Crippen molar-refractivity contribution in [2.45, 2.75) is 10.9 Å². The molecule has 6 heteroatoms. The number of hydrogen-bond acceptors (Lipinski definition) is 4. The van der Waals surface area contributed by atoms with Crippen LogP contribution in [0.5, 0.6) is 0 Å². The van der Waals surface area contributed by atoms with Gasteiger partial charge < -0.3 is 5.84 Å². The number of rotatable bonds is 5. The summed E-state index contributed by atoms with van der Waals surface area (Å²) in [5, 5.41) is 8.89. The molecule has 1 aromatic heterocycles. The Morgan fingerprint density at radius 1 is 0.778 bits per heavy atom. The van der Waals surface area contributed by atoms with Crippen LogP contribution in [-0.2, 0) is 5.75 Å². The monoisotopic (exact) mass is 376 g/mol. The molecule has 4 nitrogen and oxygen atoms in total. The molecule has 0 saturated carbocycles. The van der Waals surface area contributed by atoms with Crippen molar-refractivity contribution >= 4 is 11.8 Å². The molecule has 0 amide bonds. The summed E-state index contributed by atoms with van der Waals surface area (Å²) in [4.78, 5) is 0. The lowest BCUT2D eigenvalue weighted by molar-refractivity contribution is 0.628. The molecular weight excluding hydrogens is 359 g/mol. The van der Waals surface area contributed by atoms with E-state index in [0.717, 1.165) is 11.3 Å². The summed E-state index contributed by atoms with van der Waals surface area (Å²) in [5.41, 5.74) is 4.28. The summed E-state index contributed by atoms with van der Waals surface area (Å²) in [5.74, 6) is 7.06. The fraction of sp³-hybridized carbons (Fsp3) is 0.0476. The molecule has 134 valence electrons. The Morgan fingerprint density at radius 3 is 2.11 bits per heavy atom. The third-order valence-corrected chi connectivity index (χ3v) is 5.21. The van der Waals surface area contributed by atoms with Crippen molar-refractivity contribution in [2.24, 2.45) is 0 Å². The van der Waals surface area contributed by atoms with Crippen LogP contribution in [-0.4, -0.2) is 14.9 Å². The van der Waals surface area contributed by atoms with Gasteiger partial charge in [0.25, 0.3) is 0 Å². The van der Waals surface area contributed by atoms with Gasteiger partial charge in [0.1, 0.15) is 5.82 Å². The lowest BCUT2D eigenvalue weighted by Crippen LogP contribution is -2.11. The molecule has 2 N–H and O–H groups in total. The molecule has 0 radical (unpaired) electrons. The van der Waals surface area contributed by atoms with Gasteiger partial charge in [-0.1, -0.05) is 66.4 Å². The van der Waals surface area contributed by atoms with E-state index in [2.05, 4.69) is 46.6 Å². The lowest BCUT2D eigenvalue weighted by Gasteiger charge is -2.05. The van der Waals surface area contributed by atoms with E-state index in [9.17, 15) is 4.39 Å². The van der Waals surface area contributed by atoms with E-state index in [4.69, 9.17) is 5.84 Å². The lowest BCUT2D eigenvalue weighted by atomic mass is 10.0. The maximum atomic E-state index is 13.1. The molecule has 1 heterocycles. The highest BCUT2D eigenvalue weighted by atomic mass is 32.2. The second-order valence-corrected chi connectivity index (χ2v) is 6.98. The summed E-state index contributed by atoms with van der Waals surface area (Å²) in [6, 6.07) is 24.7. The predicted octanol–water partition coefficient (Wildman–Crippen LogP) is 4.76. The molecule has 0 aliphatic heterocycles. The van der Waals surface area contributed by atoms with Crippen molar-refractivity contribution in [1.29, 1.82) is 0 Å². The molecule has 0 aliphatic rings. The van der Waals surface area contributed by atoms with Gasteiger partial charge in [-0.25, -0.2) is 9.07 Å². The van der Waals surface area contributed by atoms with E-state index in [-0.39, 0.29) is 5.82 Å². The molecule has 27 heavy (non-hydrogen) atoms. The maximum Gasteiger partial charge on any atom is 0.210 e. The number of nitrogens with two attached hydrogens (primary N) is 1. The van der Waals surface area contributed by atoms with Gasteiger partial charge in [-0.05, 0) is 41.0 Å². The largest absolute Gasteiger partial charge is 0.335 e. The van der Waals surface area contributed by atoms with Gasteiger partial charge in [0.05, 0.1) is 0 Å². The Labute approximate surface area is 160 Å². The van der Waals surface area contributed by atoms with Crippen molar-refractivity contribution in [3.05, 3.63) is 90.2 Å². The minimum absolute atomic E-state index is 0.296. The van der Waals surface area contributed by atoms with Crippen LogP contribution in [0.3, 0.4) is 0 Å². The van der Waals surface area contributed by atoms with Crippen LogP contribution in [0.2, 0.25) is 0 Å². The zero-order chi connectivity index (χ0) is 18.6. The van der Waals surface area contributed by atoms with E-state index in [1.165, 1.54) is 45.3 Å². The summed E-state index contributed by atoms with van der Waals surface area (Å²) < 4.78 is 14.5. The summed E-state index contributed by atoms with van der Waals surface area (Å²) >= 11 is 1.51. The van der Waals surface area contributed by atoms with Crippen LogP contribution >= 0.6 is 11.8 Å². The molecule has 0 saturated heterocycles. The Bertz CT molecular complexity index is 1030. The number of halogens is 1. The van der Waals surface area contributed by atoms with Crippen molar-refractivity contribution in [3.63, 3.8) is 0 Å². The van der Waals surface area contributed by atoms with Crippen molar-refractivity contribution in [3.8, 4) is 22.5 Å². The van der Waals surface area contributed by atoms with Gasteiger partial charge in [0.2, 0.25) is 5.16 Å². The normalized spacial score (nSPS) is 10.9. The quantitative estimate of drug-likeness (QED) is 0.403. The Morgan fingerprint density at radius 2 is 1.41 bits per heavy atom. The van der Waals surface area contributed by atoms with Crippen LogP contribution in [0.4, 0.5) is 4.39 Å². The topological polar surface area (TPSA) is 56.7 Å². The first-order chi connectivity index (χ1) is 13.2. The van der Waals surface area contributed by atoms with Gasteiger partial charge in [0.15, 0.2) is 5.82 Å². The summed E-state index contributed by atoms with van der Waals surface area (Å²) in [7, 11) is 0. The molecule has 0 bridgehead atoms. The van der Waals surface area contributed by atoms with Crippen LogP contribution in [0.1, 0.15) is 5.56 Å². The second-order valence-electron chi connectivity index (χ2n) is 6.03. The molecule has 0 fully saturated rings. The maximum absolute atomic E-state index is 13.1. The molecule has 4 aromatic rings. The SMILES string of the molecule is Nn1c(SCc2ccc(-c3ccccc3)cc2)nnc1-c1ccc(F)cc1. The third kappa shape index (κ3) is 3.85. The Kier molecular flexibility index (Phi) is 4.89. The molecule has 0 unspecified atom stereocenters. The highest BCUT2D eigenvalue weighted by molar-refractivity contribution is 7.98. The number of thioether (sulfide) groups is 1.